The van der Waals surface area contributed by atoms with Crippen LogP contribution >= 0.6 is 0 Å². The van der Waals surface area contributed by atoms with Crippen LogP contribution in [0.1, 0.15) is 34.6 Å². The summed E-state index contributed by atoms with van der Waals surface area (Å²) < 4.78 is 0. The SMILES string of the molecule is CN=C\C(=C/C(C)=C\C=C\C=C/C(=N)C(C)C)C(C)C. The molecule has 20 heavy (non-hydrogen) atoms. The van der Waals surface area contributed by atoms with E-state index in [2.05, 4.69) is 37.9 Å². The maximum Gasteiger partial charge on any atom is 0.0339 e. The molecular formula is C18H28N2. The van der Waals surface area contributed by atoms with E-state index in [0.29, 0.717) is 11.6 Å². The number of allylic oxidation sites excluding steroid dienone is 8. The van der Waals surface area contributed by atoms with Gasteiger partial charge in [-0.25, -0.2) is 0 Å². The Kier molecular flexibility index (Phi) is 9.27. The zero-order valence-corrected chi connectivity index (χ0v) is 13.6. The van der Waals surface area contributed by atoms with Crippen LogP contribution in [0, 0.1) is 17.2 Å². The van der Waals surface area contributed by atoms with Crippen molar-refractivity contribution in [2.75, 3.05) is 7.05 Å². The summed E-state index contributed by atoms with van der Waals surface area (Å²) in [4.78, 5) is 4.08. The van der Waals surface area contributed by atoms with Crippen LogP contribution in [0.4, 0.5) is 0 Å². The Morgan fingerprint density at radius 3 is 2.15 bits per heavy atom. The third kappa shape index (κ3) is 8.41. The molecule has 0 unspecified atom stereocenters. The van der Waals surface area contributed by atoms with Gasteiger partial charge in [-0.05, 0) is 30.4 Å². The number of nitrogens with one attached hydrogen (secondary N) is 1. The molecular weight excluding hydrogens is 244 g/mol. The summed E-state index contributed by atoms with van der Waals surface area (Å²) in [5.74, 6) is 0.749. The van der Waals surface area contributed by atoms with E-state index in [1.807, 2.05) is 44.4 Å². The van der Waals surface area contributed by atoms with Gasteiger partial charge < -0.3 is 5.41 Å². The number of nitrogens with zero attached hydrogens (tertiary/aromatic N) is 1. The predicted molar refractivity (Wildman–Crippen MR) is 91.9 cm³/mol. The van der Waals surface area contributed by atoms with E-state index in [1.54, 1.807) is 7.05 Å². The van der Waals surface area contributed by atoms with Crippen molar-refractivity contribution in [3.05, 3.63) is 47.6 Å². The summed E-state index contributed by atoms with van der Waals surface area (Å²) in [6.07, 6.45) is 13.8. The first-order chi connectivity index (χ1) is 9.38. The smallest absolute Gasteiger partial charge is 0.0339 e. The van der Waals surface area contributed by atoms with Gasteiger partial charge >= 0.3 is 0 Å². The highest BCUT2D eigenvalue weighted by atomic mass is 14.6. The third-order valence-corrected chi connectivity index (χ3v) is 2.82. The molecule has 0 heterocycles. The molecule has 0 amide bonds. The Morgan fingerprint density at radius 1 is 1.00 bits per heavy atom. The first kappa shape index (κ1) is 18.3. The highest BCUT2D eigenvalue weighted by Crippen LogP contribution is 2.10. The molecule has 0 aliphatic rings. The van der Waals surface area contributed by atoms with Gasteiger partial charge in [-0.15, -0.1) is 0 Å². The zero-order valence-electron chi connectivity index (χ0n) is 13.6. The van der Waals surface area contributed by atoms with Gasteiger partial charge in [0, 0.05) is 19.0 Å². The van der Waals surface area contributed by atoms with E-state index in [1.165, 1.54) is 11.1 Å². The summed E-state index contributed by atoms with van der Waals surface area (Å²) in [5.41, 5.74) is 3.07. The zero-order chi connectivity index (χ0) is 15.5. The quantitative estimate of drug-likeness (QED) is 0.500. The number of aliphatic imine (C=N–C) groups is 1. The van der Waals surface area contributed by atoms with E-state index in [0.717, 1.165) is 0 Å². The molecule has 0 aliphatic carbocycles. The highest BCUT2D eigenvalue weighted by molar-refractivity contribution is 5.93. The molecule has 2 heteroatoms. The minimum atomic E-state index is 0.279. The molecule has 0 saturated carbocycles. The fourth-order valence-corrected chi connectivity index (χ4v) is 1.44. The van der Waals surface area contributed by atoms with Crippen LogP contribution in [0.3, 0.4) is 0 Å². The lowest BCUT2D eigenvalue weighted by Gasteiger charge is -2.05. The van der Waals surface area contributed by atoms with E-state index < -0.39 is 0 Å². The van der Waals surface area contributed by atoms with E-state index in [9.17, 15) is 0 Å². The number of rotatable bonds is 7. The molecule has 0 bridgehead atoms. The Hall–Kier alpha value is -1.70. The minimum Gasteiger partial charge on any atom is -0.305 e. The van der Waals surface area contributed by atoms with Crippen LogP contribution in [-0.2, 0) is 0 Å². The molecule has 0 aromatic carbocycles. The Balaban J connectivity index is 4.67. The lowest BCUT2D eigenvalue weighted by molar-refractivity contribution is 0.805. The minimum absolute atomic E-state index is 0.279. The molecule has 0 radical (unpaired) electrons. The topological polar surface area (TPSA) is 36.2 Å². The van der Waals surface area contributed by atoms with Gasteiger partial charge in [0.1, 0.15) is 0 Å². The lowest BCUT2D eigenvalue weighted by Crippen LogP contribution is -2.00. The molecule has 0 aromatic rings. The van der Waals surface area contributed by atoms with Crippen molar-refractivity contribution >= 4 is 11.9 Å². The second-order valence-electron chi connectivity index (χ2n) is 5.45. The predicted octanol–water partition coefficient (Wildman–Crippen LogP) is 5.00. The van der Waals surface area contributed by atoms with Crippen LogP contribution in [-0.4, -0.2) is 19.0 Å². The van der Waals surface area contributed by atoms with Gasteiger partial charge in [-0.3, -0.25) is 4.99 Å². The van der Waals surface area contributed by atoms with Gasteiger partial charge in [0.05, 0.1) is 0 Å². The first-order valence-corrected chi connectivity index (χ1v) is 7.12. The maximum absolute atomic E-state index is 7.69. The van der Waals surface area contributed by atoms with Crippen molar-refractivity contribution < 1.29 is 0 Å². The van der Waals surface area contributed by atoms with Gasteiger partial charge in [0.15, 0.2) is 0 Å². The Morgan fingerprint density at radius 2 is 1.65 bits per heavy atom. The Labute approximate surface area is 124 Å². The number of hydrogen-bond donors (Lipinski definition) is 1. The summed E-state index contributed by atoms with van der Waals surface area (Å²) >= 11 is 0. The fraction of sp³-hybridized carbons (Fsp3) is 0.444. The lowest BCUT2D eigenvalue weighted by atomic mass is 10.0. The summed E-state index contributed by atoms with van der Waals surface area (Å²) in [6.45, 7) is 10.5. The standard InChI is InChI=1S/C18H28N2/c1-14(2)17(13-20-6)12-16(5)10-8-7-9-11-18(19)15(3)4/h7-15,19H,1-6H3/b8-7+,11-9-,16-10-,17-12+,19-18?,20-13?. The van der Waals surface area contributed by atoms with Crippen LogP contribution in [0.2, 0.25) is 0 Å². The summed E-state index contributed by atoms with van der Waals surface area (Å²) in [6, 6.07) is 0. The summed E-state index contributed by atoms with van der Waals surface area (Å²) in [5, 5.41) is 7.69. The maximum atomic E-state index is 7.69. The fourth-order valence-electron chi connectivity index (χ4n) is 1.44. The van der Waals surface area contributed by atoms with Gasteiger partial charge in [0.25, 0.3) is 0 Å². The molecule has 110 valence electrons. The molecule has 0 fully saturated rings. The van der Waals surface area contributed by atoms with Crippen LogP contribution in [0.15, 0.2) is 52.6 Å². The summed E-state index contributed by atoms with van der Waals surface area (Å²) in [7, 11) is 1.80. The van der Waals surface area contributed by atoms with Crippen molar-refractivity contribution in [3.8, 4) is 0 Å². The molecule has 0 aromatic heterocycles. The van der Waals surface area contributed by atoms with Gasteiger partial charge in [-0.1, -0.05) is 63.6 Å². The molecule has 0 spiro atoms. The van der Waals surface area contributed by atoms with Crippen molar-refractivity contribution in [1.29, 1.82) is 5.41 Å². The molecule has 1 N–H and O–H groups in total. The van der Waals surface area contributed by atoms with Crippen molar-refractivity contribution in [2.45, 2.75) is 34.6 Å². The van der Waals surface area contributed by atoms with Crippen LogP contribution in [0.5, 0.6) is 0 Å². The molecule has 0 aliphatic heterocycles. The van der Waals surface area contributed by atoms with Crippen molar-refractivity contribution in [3.63, 3.8) is 0 Å². The van der Waals surface area contributed by atoms with E-state index in [-0.39, 0.29) is 5.92 Å². The third-order valence-electron chi connectivity index (χ3n) is 2.82. The first-order valence-electron chi connectivity index (χ1n) is 7.12. The van der Waals surface area contributed by atoms with Crippen molar-refractivity contribution in [1.82, 2.24) is 0 Å². The normalized spacial score (nSPS) is 14.6. The second-order valence-corrected chi connectivity index (χ2v) is 5.45. The van der Waals surface area contributed by atoms with Crippen molar-refractivity contribution in [2.24, 2.45) is 16.8 Å². The van der Waals surface area contributed by atoms with Crippen LogP contribution < -0.4 is 0 Å². The number of hydrogen-bond acceptors (Lipinski definition) is 2. The van der Waals surface area contributed by atoms with Crippen LogP contribution in [0.25, 0.3) is 0 Å². The van der Waals surface area contributed by atoms with Gasteiger partial charge in [-0.2, -0.15) is 0 Å². The average molecular weight is 272 g/mol. The highest BCUT2D eigenvalue weighted by Gasteiger charge is 1.99. The molecule has 2 nitrogen and oxygen atoms in total. The van der Waals surface area contributed by atoms with E-state index >= 15 is 0 Å². The largest absolute Gasteiger partial charge is 0.305 e. The van der Waals surface area contributed by atoms with Gasteiger partial charge in [0.2, 0.25) is 0 Å². The monoisotopic (exact) mass is 272 g/mol. The molecule has 0 atom stereocenters. The molecule has 0 saturated heterocycles. The Bertz CT molecular complexity index is 444. The second kappa shape index (κ2) is 10.1. The van der Waals surface area contributed by atoms with E-state index in [4.69, 9.17) is 5.41 Å². The molecule has 0 rings (SSSR count). The average Bonchev–Trinajstić information content (AvgIpc) is 2.37.